The third kappa shape index (κ3) is 3.14. The van der Waals surface area contributed by atoms with E-state index in [0.29, 0.717) is 16.8 Å². The lowest BCUT2D eigenvalue weighted by molar-refractivity contribution is 0.0841. The van der Waals surface area contributed by atoms with Gasteiger partial charge >= 0.3 is 0 Å². The van der Waals surface area contributed by atoms with Crippen molar-refractivity contribution in [1.82, 2.24) is 4.98 Å². The molecule has 2 nitrogen and oxygen atoms in total. The van der Waals surface area contributed by atoms with Gasteiger partial charge in [-0.15, -0.1) is 0 Å². The molecule has 0 unspecified atom stereocenters. The van der Waals surface area contributed by atoms with Gasteiger partial charge in [0.2, 0.25) is 0 Å². The van der Waals surface area contributed by atoms with Crippen LogP contribution in [0.25, 0.3) is 10.9 Å². The summed E-state index contributed by atoms with van der Waals surface area (Å²) in [5.74, 6) is 0.782. The summed E-state index contributed by atoms with van der Waals surface area (Å²) in [4.78, 5) is 4.41. The Morgan fingerprint density at radius 2 is 2.10 bits per heavy atom. The Labute approximate surface area is 155 Å². The maximum absolute atomic E-state index is 6.29. The molecule has 0 bridgehead atoms. The molecule has 1 saturated carbocycles. The van der Waals surface area contributed by atoms with Crippen LogP contribution in [0.15, 0.2) is 18.2 Å². The average Bonchev–Trinajstić information content (AvgIpc) is 2.40. The number of fused-ring (bicyclic) bond motifs is 1. The molecule has 0 spiro atoms. The first-order valence-corrected chi connectivity index (χ1v) is 9.63. The second kappa shape index (κ2) is 6.38. The number of nitrogens with zero attached hydrogens (tertiary/aromatic N) is 1. The maximum atomic E-state index is 6.29. The first-order chi connectivity index (χ1) is 10.0. The minimum atomic E-state index is 0.258. The van der Waals surface area contributed by atoms with Crippen LogP contribution in [0, 0.1) is 8.99 Å². The lowest BCUT2D eigenvalue weighted by atomic mass is 9.71. The summed E-state index contributed by atoms with van der Waals surface area (Å²) in [6, 6.07) is 5.55. The summed E-state index contributed by atoms with van der Waals surface area (Å²) in [6.07, 6.45) is 3.68. The topological polar surface area (TPSA) is 22.1 Å². The summed E-state index contributed by atoms with van der Waals surface area (Å²) in [7, 11) is 0. The van der Waals surface area contributed by atoms with Gasteiger partial charge in [0.25, 0.3) is 0 Å². The number of halogens is 4. The van der Waals surface area contributed by atoms with Crippen LogP contribution in [0.3, 0.4) is 0 Å². The third-order valence-corrected chi connectivity index (χ3v) is 6.54. The minimum Gasteiger partial charge on any atom is -0.490 e. The molecule has 112 valence electrons. The average molecular weight is 501 g/mol. The Balaban J connectivity index is 1.99. The van der Waals surface area contributed by atoms with Crippen molar-refractivity contribution >= 4 is 72.6 Å². The van der Waals surface area contributed by atoms with Gasteiger partial charge in [0.15, 0.2) is 5.75 Å². The molecular weight excluding hydrogens is 488 g/mol. The number of aromatic nitrogens is 1. The number of benzene rings is 1. The van der Waals surface area contributed by atoms with E-state index in [1.807, 2.05) is 12.1 Å². The highest BCUT2D eigenvalue weighted by Crippen LogP contribution is 2.44. The van der Waals surface area contributed by atoms with Crippen molar-refractivity contribution in [2.45, 2.75) is 19.3 Å². The Hall–Kier alpha value is 0.220. The molecule has 1 fully saturated rings. The van der Waals surface area contributed by atoms with E-state index >= 15 is 0 Å². The van der Waals surface area contributed by atoms with Gasteiger partial charge in [-0.25, -0.2) is 4.98 Å². The third-order valence-electron chi connectivity index (χ3n) is 4.02. The number of hydrogen-bond donors (Lipinski definition) is 0. The SMILES string of the molecule is Clc1ccc2c(Cl)cc(I)c(OCC3(CBr)CCC3)c2n1. The zero-order valence-electron chi connectivity index (χ0n) is 11.1. The highest BCUT2D eigenvalue weighted by atomic mass is 127. The van der Waals surface area contributed by atoms with Crippen molar-refractivity contribution < 1.29 is 4.74 Å². The van der Waals surface area contributed by atoms with Gasteiger partial charge in [-0.3, -0.25) is 0 Å². The van der Waals surface area contributed by atoms with E-state index < -0.39 is 0 Å². The molecule has 1 aliphatic carbocycles. The summed E-state index contributed by atoms with van der Waals surface area (Å²) < 4.78 is 7.10. The molecule has 1 aliphatic rings. The van der Waals surface area contributed by atoms with Gasteiger partial charge < -0.3 is 4.74 Å². The molecular formula is C15H13BrCl2INO. The van der Waals surface area contributed by atoms with E-state index in [-0.39, 0.29) is 5.41 Å². The zero-order valence-corrected chi connectivity index (χ0v) is 16.4. The van der Waals surface area contributed by atoms with Crippen molar-refractivity contribution in [3.8, 4) is 5.75 Å². The molecule has 0 radical (unpaired) electrons. The van der Waals surface area contributed by atoms with Crippen molar-refractivity contribution in [2.24, 2.45) is 5.41 Å². The van der Waals surface area contributed by atoms with Crippen molar-refractivity contribution in [3.05, 3.63) is 31.9 Å². The summed E-state index contributed by atoms with van der Waals surface area (Å²) in [5, 5.41) is 2.96. The van der Waals surface area contributed by atoms with Crippen molar-refractivity contribution in [1.29, 1.82) is 0 Å². The Morgan fingerprint density at radius 1 is 1.33 bits per heavy atom. The van der Waals surface area contributed by atoms with Crippen LogP contribution in [0.1, 0.15) is 19.3 Å². The fourth-order valence-electron chi connectivity index (χ4n) is 2.52. The van der Waals surface area contributed by atoms with Crippen LogP contribution < -0.4 is 4.74 Å². The second-order valence-corrected chi connectivity index (χ2v) is 7.99. The Bertz CT molecular complexity index is 685. The number of ether oxygens (including phenoxy) is 1. The van der Waals surface area contributed by atoms with Crippen molar-refractivity contribution in [3.63, 3.8) is 0 Å². The van der Waals surface area contributed by atoms with Gasteiger partial charge in [-0.2, -0.15) is 0 Å². The summed E-state index contributed by atoms with van der Waals surface area (Å²) in [6.45, 7) is 0.694. The largest absolute Gasteiger partial charge is 0.490 e. The summed E-state index contributed by atoms with van der Waals surface area (Å²) in [5.41, 5.74) is 0.997. The molecule has 0 N–H and O–H groups in total. The minimum absolute atomic E-state index is 0.258. The molecule has 0 amide bonds. The molecule has 1 aromatic heterocycles. The zero-order chi connectivity index (χ0) is 15.0. The van der Waals surface area contributed by atoms with E-state index in [9.17, 15) is 0 Å². The molecule has 6 heteroatoms. The van der Waals surface area contributed by atoms with E-state index in [0.717, 1.165) is 25.6 Å². The quantitative estimate of drug-likeness (QED) is 0.288. The van der Waals surface area contributed by atoms with Gasteiger partial charge in [-0.1, -0.05) is 45.6 Å². The van der Waals surface area contributed by atoms with E-state index in [1.165, 1.54) is 19.3 Å². The molecule has 3 rings (SSSR count). The van der Waals surface area contributed by atoms with Crippen LogP contribution in [0.5, 0.6) is 5.75 Å². The molecule has 0 aliphatic heterocycles. The molecule has 1 aromatic carbocycles. The first-order valence-electron chi connectivity index (χ1n) is 6.68. The Morgan fingerprint density at radius 3 is 2.71 bits per heavy atom. The monoisotopic (exact) mass is 499 g/mol. The van der Waals surface area contributed by atoms with Crippen molar-refractivity contribution in [2.75, 3.05) is 11.9 Å². The van der Waals surface area contributed by atoms with Gasteiger partial charge in [0.05, 0.1) is 15.2 Å². The van der Waals surface area contributed by atoms with E-state index in [1.54, 1.807) is 6.07 Å². The van der Waals surface area contributed by atoms with Gasteiger partial charge in [-0.05, 0) is 53.6 Å². The smallest absolute Gasteiger partial charge is 0.159 e. The summed E-state index contributed by atoms with van der Waals surface area (Å²) >= 11 is 18.2. The normalized spacial score (nSPS) is 16.8. The number of pyridine rings is 1. The van der Waals surface area contributed by atoms with Gasteiger partial charge in [0, 0.05) is 16.1 Å². The lowest BCUT2D eigenvalue weighted by Crippen LogP contribution is -2.37. The lowest BCUT2D eigenvalue weighted by Gasteiger charge is -2.40. The van der Waals surface area contributed by atoms with Crippen LogP contribution in [0.4, 0.5) is 0 Å². The van der Waals surface area contributed by atoms with Crippen LogP contribution in [-0.2, 0) is 0 Å². The highest BCUT2D eigenvalue weighted by Gasteiger charge is 2.37. The van der Waals surface area contributed by atoms with Crippen LogP contribution in [0.2, 0.25) is 10.2 Å². The first kappa shape index (κ1) is 16.1. The fraction of sp³-hybridized carbons (Fsp3) is 0.400. The molecule has 1 heterocycles. The second-order valence-electron chi connectivity index (χ2n) is 5.48. The molecule has 21 heavy (non-hydrogen) atoms. The standard InChI is InChI=1S/C15H13BrCl2INO/c16-7-15(4-1-5-15)8-21-14-11(19)6-10(17)9-2-3-12(18)20-13(9)14/h2-3,6H,1,4-5,7-8H2. The van der Waals surface area contributed by atoms with Gasteiger partial charge in [0.1, 0.15) is 10.7 Å². The fourth-order valence-corrected chi connectivity index (χ4v) is 4.56. The number of alkyl halides is 1. The molecule has 2 aromatic rings. The molecule has 0 atom stereocenters. The Kier molecular flexibility index (Phi) is 4.89. The van der Waals surface area contributed by atoms with E-state index in [4.69, 9.17) is 27.9 Å². The van der Waals surface area contributed by atoms with Crippen LogP contribution in [-0.4, -0.2) is 16.9 Å². The predicted molar refractivity (Wildman–Crippen MR) is 100 cm³/mol. The highest BCUT2D eigenvalue weighted by molar-refractivity contribution is 14.1. The molecule has 0 saturated heterocycles. The van der Waals surface area contributed by atoms with Crippen LogP contribution >= 0.6 is 61.7 Å². The maximum Gasteiger partial charge on any atom is 0.159 e. The van der Waals surface area contributed by atoms with E-state index in [2.05, 4.69) is 43.5 Å². The number of rotatable bonds is 4. The predicted octanol–water partition coefficient (Wildman–Crippen LogP) is 6.09. The number of hydrogen-bond acceptors (Lipinski definition) is 2.